The lowest BCUT2D eigenvalue weighted by Crippen LogP contribution is -2.34. The van der Waals surface area contributed by atoms with Crippen molar-refractivity contribution in [2.75, 3.05) is 0 Å². The second kappa shape index (κ2) is 12.1. The standard InChI is InChI=1S/C24H43O5P/c1-5-6-7-8-9-10-11-12-13-14-17-24(4,30(27,28)29)19-23(2,3)21-16-15-20(25)18-22(21)26/h15-16,18,25-26H,5-14,17,19H2,1-4H3,(H2,27,28,29). The fraction of sp³-hybridized carbons (Fsp3) is 0.750. The van der Waals surface area contributed by atoms with Crippen LogP contribution < -0.4 is 0 Å². The highest BCUT2D eigenvalue weighted by atomic mass is 31.2. The summed E-state index contributed by atoms with van der Waals surface area (Å²) in [7, 11) is -4.34. The fourth-order valence-electron chi connectivity index (χ4n) is 4.47. The number of phenolic OH excluding ortho intramolecular Hbond substituents is 2. The van der Waals surface area contributed by atoms with Gasteiger partial charge in [-0.05, 0) is 36.8 Å². The van der Waals surface area contributed by atoms with Crippen LogP contribution >= 0.6 is 7.60 Å². The van der Waals surface area contributed by atoms with Gasteiger partial charge in [0.2, 0.25) is 0 Å². The van der Waals surface area contributed by atoms with Gasteiger partial charge >= 0.3 is 7.60 Å². The van der Waals surface area contributed by atoms with Crippen LogP contribution in [0.15, 0.2) is 18.2 Å². The van der Waals surface area contributed by atoms with E-state index in [0.29, 0.717) is 12.0 Å². The topological polar surface area (TPSA) is 98.0 Å². The molecule has 0 aliphatic rings. The van der Waals surface area contributed by atoms with Crippen molar-refractivity contribution in [1.29, 1.82) is 0 Å². The molecule has 6 heteroatoms. The normalized spacial score (nSPS) is 14.6. The van der Waals surface area contributed by atoms with Crippen LogP contribution in [0.4, 0.5) is 0 Å². The van der Waals surface area contributed by atoms with E-state index in [4.69, 9.17) is 0 Å². The fourth-order valence-corrected chi connectivity index (χ4v) is 5.52. The molecule has 1 aromatic carbocycles. The van der Waals surface area contributed by atoms with Crippen LogP contribution in [0.3, 0.4) is 0 Å². The molecule has 0 saturated carbocycles. The maximum atomic E-state index is 12.4. The molecule has 30 heavy (non-hydrogen) atoms. The number of hydrogen-bond acceptors (Lipinski definition) is 3. The molecule has 1 rings (SSSR count). The van der Waals surface area contributed by atoms with Gasteiger partial charge in [-0.3, -0.25) is 4.57 Å². The van der Waals surface area contributed by atoms with Gasteiger partial charge in [-0.2, -0.15) is 0 Å². The van der Waals surface area contributed by atoms with Gasteiger partial charge in [-0.15, -0.1) is 0 Å². The van der Waals surface area contributed by atoms with E-state index in [-0.39, 0.29) is 17.9 Å². The van der Waals surface area contributed by atoms with Crippen LogP contribution in [0.1, 0.15) is 110 Å². The van der Waals surface area contributed by atoms with Crippen LogP contribution in [-0.2, 0) is 9.98 Å². The number of rotatable bonds is 15. The lowest BCUT2D eigenvalue weighted by atomic mass is 9.75. The van der Waals surface area contributed by atoms with E-state index in [1.807, 2.05) is 13.8 Å². The Hall–Kier alpha value is -1.03. The van der Waals surface area contributed by atoms with E-state index >= 15 is 0 Å². The third-order valence-corrected chi connectivity index (χ3v) is 8.09. The zero-order valence-corrected chi connectivity index (χ0v) is 20.3. The van der Waals surface area contributed by atoms with Gasteiger partial charge in [0.1, 0.15) is 11.5 Å². The Morgan fingerprint density at radius 3 is 1.80 bits per heavy atom. The molecule has 0 radical (unpaired) electrons. The average Bonchev–Trinajstić information content (AvgIpc) is 2.61. The molecule has 0 aliphatic heterocycles. The summed E-state index contributed by atoms with van der Waals surface area (Å²) in [5.41, 5.74) is -0.0605. The van der Waals surface area contributed by atoms with Crippen molar-refractivity contribution in [3.8, 4) is 11.5 Å². The Labute approximate surface area is 183 Å². The zero-order valence-electron chi connectivity index (χ0n) is 19.4. The first-order chi connectivity index (χ1) is 13.9. The van der Waals surface area contributed by atoms with Crippen LogP contribution in [0.25, 0.3) is 0 Å². The Morgan fingerprint density at radius 1 is 0.833 bits per heavy atom. The van der Waals surface area contributed by atoms with E-state index in [1.165, 1.54) is 57.1 Å². The summed E-state index contributed by atoms with van der Waals surface area (Å²) >= 11 is 0. The molecular weight excluding hydrogens is 399 g/mol. The van der Waals surface area contributed by atoms with Gasteiger partial charge in [-0.25, -0.2) is 0 Å². The SMILES string of the molecule is CCCCCCCCCCCCC(C)(CC(C)(C)c1ccc(O)cc1O)P(=O)(O)O. The Kier molecular flexibility index (Phi) is 10.9. The van der Waals surface area contributed by atoms with Crippen molar-refractivity contribution in [3.63, 3.8) is 0 Å². The van der Waals surface area contributed by atoms with Crippen LogP contribution in [-0.4, -0.2) is 25.2 Å². The van der Waals surface area contributed by atoms with E-state index in [1.54, 1.807) is 13.0 Å². The molecule has 0 spiro atoms. The highest BCUT2D eigenvalue weighted by molar-refractivity contribution is 7.53. The van der Waals surface area contributed by atoms with Crippen LogP contribution in [0.2, 0.25) is 0 Å². The highest BCUT2D eigenvalue weighted by Crippen LogP contribution is 2.58. The summed E-state index contributed by atoms with van der Waals surface area (Å²) in [5, 5.41) is 18.6. The predicted octanol–water partition coefficient (Wildman–Crippen LogP) is 7.01. The highest BCUT2D eigenvalue weighted by Gasteiger charge is 2.46. The molecule has 174 valence electrons. The lowest BCUT2D eigenvalue weighted by Gasteiger charge is -2.38. The summed E-state index contributed by atoms with van der Waals surface area (Å²) in [6, 6.07) is 4.40. The maximum absolute atomic E-state index is 12.4. The number of benzene rings is 1. The van der Waals surface area contributed by atoms with Crippen molar-refractivity contribution in [3.05, 3.63) is 23.8 Å². The van der Waals surface area contributed by atoms with Gasteiger partial charge in [0, 0.05) is 6.07 Å². The van der Waals surface area contributed by atoms with E-state index < -0.39 is 18.2 Å². The van der Waals surface area contributed by atoms with Crippen molar-refractivity contribution < 1.29 is 24.6 Å². The molecule has 0 aromatic heterocycles. The molecule has 1 atom stereocenters. The number of aromatic hydroxyl groups is 2. The zero-order chi connectivity index (χ0) is 22.8. The minimum Gasteiger partial charge on any atom is -0.508 e. The van der Waals surface area contributed by atoms with Gasteiger partial charge in [-0.1, -0.05) is 91.0 Å². The number of unbranched alkanes of at least 4 members (excludes halogenated alkanes) is 9. The molecule has 0 saturated heterocycles. The summed E-state index contributed by atoms with van der Waals surface area (Å²) in [6.07, 6.45) is 12.5. The first kappa shape index (κ1) is 27.0. The smallest absolute Gasteiger partial charge is 0.331 e. The first-order valence-corrected chi connectivity index (χ1v) is 13.1. The van der Waals surface area contributed by atoms with Gasteiger partial charge < -0.3 is 20.0 Å². The summed E-state index contributed by atoms with van der Waals surface area (Å²) in [4.78, 5) is 20.2. The Bertz CT molecular complexity index is 682. The van der Waals surface area contributed by atoms with Gasteiger partial charge in [0.25, 0.3) is 0 Å². The third kappa shape index (κ3) is 8.61. The minimum absolute atomic E-state index is 0.0323. The first-order valence-electron chi connectivity index (χ1n) is 11.5. The molecule has 4 N–H and O–H groups in total. The molecule has 0 bridgehead atoms. The number of phenols is 2. The van der Waals surface area contributed by atoms with Crippen LogP contribution in [0.5, 0.6) is 11.5 Å². The Morgan fingerprint density at radius 2 is 1.33 bits per heavy atom. The monoisotopic (exact) mass is 442 g/mol. The van der Waals surface area contributed by atoms with E-state index in [9.17, 15) is 24.6 Å². The van der Waals surface area contributed by atoms with E-state index in [2.05, 4.69) is 6.92 Å². The average molecular weight is 443 g/mol. The molecule has 0 amide bonds. The quantitative estimate of drug-likeness (QED) is 0.173. The van der Waals surface area contributed by atoms with Gasteiger partial charge in [0.05, 0.1) is 5.16 Å². The maximum Gasteiger partial charge on any atom is 0.331 e. The molecular formula is C24H43O5P. The van der Waals surface area contributed by atoms with Gasteiger partial charge in [0.15, 0.2) is 0 Å². The van der Waals surface area contributed by atoms with Crippen molar-refractivity contribution in [2.24, 2.45) is 0 Å². The summed E-state index contributed by atoms with van der Waals surface area (Å²) < 4.78 is 12.4. The molecule has 1 unspecified atom stereocenters. The van der Waals surface area contributed by atoms with E-state index in [0.717, 1.165) is 19.3 Å². The lowest BCUT2D eigenvalue weighted by molar-refractivity contribution is 0.278. The number of hydrogen-bond donors (Lipinski definition) is 4. The second-order valence-corrected chi connectivity index (χ2v) is 11.9. The Balaban J connectivity index is 2.60. The van der Waals surface area contributed by atoms with Crippen molar-refractivity contribution in [1.82, 2.24) is 0 Å². The van der Waals surface area contributed by atoms with Crippen molar-refractivity contribution >= 4 is 7.60 Å². The molecule has 0 aliphatic carbocycles. The van der Waals surface area contributed by atoms with Crippen molar-refractivity contribution in [2.45, 2.75) is 115 Å². The third-order valence-electron chi connectivity index (χ3n) is 6.31. The second-order valence-electron chi connectivity index (χ2n) is 9.74. The largest absolute Gasteiger partial charge is 0.508 e. The predicted molar refractivity (Wildman–Crippen MR) is 124 cm³/mol. The minimum atomic E-state index is -4.34. The molecule has 0 fully saturated rings. The molecule has 1 aromatic rings. The molecule has 0 heterocycles. The summed E-state index contributed by atoms with van der Waals surface area (Å²) in [5.74, 6) is -0.0813. The molecule has 5 nitrogen and oxygen atoms in total. The van der Waals surface area contributed by atoms with Crippen LogP contribution in [0, 0.1) is 0 Å². The summed E-state index contributed by atoms with van der Waals surface area (Å²) in [6.45, 7) is 7.65.